The van der Waals surface area contributed by atoms with Crippen molar-refractivity contribution in [2.45, 2.75) is 102 Å². The summed E-state index contributed by atoms with van der Waals surface area (Å²) in [5.41, 5.74) is 0. The Morgan fingerprint density at radius 3 is 1.20 bits per heavy atom. The first-order chi connectivity index (χ1) is 9.86. The van der Waals surface area contributed by atoms with Crippen LogP contribution in [0.2, 0.25) is 0 Å². The van der Waals surface area contributed by atoms with Gasteiger partial charge in [-0.1, -0.05) is 64.2 Å². The van der Waals surface area contributed by atoms with Crippen molar-refractivity contribution in [1.29, 1.82) is 0 Å². The fourth-order valence-corrected chi connectivity index (χ4v) is 3.58. The fraction of sp³-hybridized carbons (Fsp3) is 1.00. The Hall–Kier alpha value is -0.640. The average molecular weight is 284 g/mol. The Kier molecular flexibility index (Phi) is 10.6. The third-order valence-electron chi connectivity index (χ3n) is 4.68. The van der Waals surface area contributed by atoms with Gasteiger partial charge < -0.3 is 10.5 Å². The summed E-state index contributed by atoms with van der Waals surface area (Å²) in [5.74, 6) is 0. The van der Waals surface area contributed by atoms with Crippen molar-refractivity contribution in [3.05, 3.63) is 4.91 Å². The molecule has 2 aliphatic carbocycles. The zero-order valence-electron chi connectivity index (χ0n) is 12.9. The number of nitrogens with one attached hydrogen (secondary N) is 1. The van der Waals surface area contributed by atoms with E-state index in [-0.39, 0.29) is 0 Å². The number of hydrogen-bond acceptors (Lipinski definition) is 3. The summed E-state index contributed by atoms with van der Waals surface area (Å²) in [6, 6.07) is 1.69. The zero-order valence-corrected chi connectivity index (χ0v) is 12.9. The second-order valence-corrected chi connectivity index (χ2v) is 6.33. The number of rotatable bonds is 2. The lowest BCUT2D eigenvalue weighted by atomic mass is 9.93. The van der Waals surface area contributed by atoms with Crippen LogP contribution in [0.25, 0.3) is 0 Å². The molecule has 0 heterocycles. The van der Waals surface area contributed by atoms with Crippen LogP contribution in [-0.4, -0.2) is 17.3 Å². The molecule has 118 valence electrons. The van der Waals surface area contributed by atoms with Gasteiger partial charge in [0.2, 0.25) is 0 Å². The maximum Gasteiger partial charge on any atom is 0.152 e. The van der Waals surface area contributed by atoms with Crippen LogP contribution in [0.5, 0.6) is 0 Å². The molecule has 0 aliphatic heterocycles. The Balaban J connectivity index is 0.000000612. The minimum atomic E-state index is 0.847. The summed E-state index contributed by atoms with van der Waals surface area (Å²) in [5, 5.41) is 11.9. The van der Waals surface area contributed by atoms with E-state index in [1.165, 1.54) is 95.2 Å². The van der Waals surface area contributed by atoms with Crippen molar-refractivity contribution in [2.24, 2.45) is 5.34 Å². The lowest BCUT2D eigenvalue weighted by Crippen LogP contribution is -2.39. The third-order valence-corrected chi connectivity index (χ3v) is 4.68. The first-order valence-electron chi connectivity index (χ1n) is 8.59. The fourth-order valence-electron chi connectivity index (χ4n) is 3.58. The second kappa shape index (κ2) is 12.1. The van der Waals surface area contributed by atoms with Gasteiger partial charge in [-0.25, -0.2) is 0 Å². The molecule has 2 saturated carbocycles. The van der Waals surface area contributed by atoms with E-state index < -0.39 is 0 Å². The minimum absolute atomic E-state index is 0.847. The van der Waals surface area contributed by atoms with Crippen LogP contribution in [0.15, 0.2) is 5.34 Å². The van der Waals surface area contributed by atoms with Gasteiger partial charge in [-0.15, -0.1) is 4.91 Å². The zero-order chi connectivity index (χ0) is 14.5. The van der Waals surface area contributed by atoms with E-state index in [0.29, 0.717) is 0 Å². The van der Waals surface area contributed by atoms with E-state index in [4.69, 9.17) is 10.1 Å². The predicted molar refractivity (Wildman–Crippen MR) is 82.9 cm³/mol. The highest BCUT2D eigenvalue weighted by atomic mass is 16.6. The van der Waals surface area contributed by atoms with Crippen molar-refractivity contribution >= 4 is 0 Å². The molecule has 0 aromatic carbocycles. The molecule has 0 aromatic heterocycles. The Bertz CT molecular complexity index is 201. The third kappa shape index (κ3) is 8.51. The van der Waals surface area contributed by atoms with Gasteiger partial charge in [-0.3, -0.25) is 0 Å². The first kappa shape index (κ1) is 17.4. The van der Waals surface area contributed by atoms with E-state index >= 15 is 0 Å². The van der Waals surface area contributed by atoms with Gasteiger partial charge in [0.1, 0.15) is 0 Å². The quantitative estimate of drug-likeness (QED) is 0.557. The Labute approximate surface area is 123 Å². The summed E-state index contributed by atoms with van der Waals surface area (Å²) in [6.45, 7) is 0. The smallest absolute Gasteiger partial charge is 0.152 e. The van der Waals surface area contributed by atoms with E-state index in [1.54, 1.807) is 0 Å². The Morgan fingerprint density at radius 2 is 0.900 bits per heavy atom. The highest BCUT2D eigenvalue weighted by Gasteiger charge is 2.17. The lowest BCUT2D eigenvalue weighted by molar-refractivity contribution is 0.311. The van der Waals surface area contributed by atoms with Crippen LogP contribution < -0.4 is 5.32 Å². The second-order valence-electron chi connectivity index (χ2n) is 6.33. The van der Waals surface area contributed by atoms with Crippen LogP contribution in [-0.2, 0) is 0 Å². The minimum Gasteiger partial charge on any atom is -0.379 e. The molecule has 4 heteroatoms. The highest BCUT2D eigenvalue weighted by Crippen LogP contribution is 2.21. The molecule has 2 N–H and O–H groups in total. The molecular weight excluding hydrogens is 252 g/mol. The van der Waals surface area contributed by atoms with E-state index in [1.807, 2.05) is 0 Å². The van der Waals surface area contributed by atoms with Crippen LogP contribution in [0.4, 0.5) is 0 Å². The molecule has 4 nitrogen and oxygen atoms in total. The molecule has 2 fully saturated rings. The summed E-state index contributed by atoms with van der Waals surface area (Å²) in [6.07, 6.45) is 20.5. The van der Waals surface area contributed by atoms with Crippen molar-refractivity contribution in [2.75, 3.05) is 0 Å². The van der Waals surface area contributed by atoms with E-state index in [0.717, 1.165) is 12.1 Å². The lowest BCUT2D eigenvalue weighted by Gasteiger charge is -2.28. The monoisotopic (exact) mass is 284 g/mol. The van der Waals surface area contributed by atoms with Gasteiger partial charge in [0.15, 0.2) is 5.34 Å². The van der Waals surface area contributed by atoms with Gasteiger partial charge in [0.05, 0.1) is 0 Å². The average Bonchev–Trinajstić information content (AvgIpc) is 2.36. The van der Waals surface area contributed by atoms with Gasteiger partial charge in [0.25, 0.3) is 0 Å². The maximum absolute atomic E-state index is 8.11. The standard InChI is InChI=1S/C16H31N.HNO2/c1-3-7-11-15(12-8-4-1)17-16-13-9-5-2-6-10-14-16;2-1-3/h15-17H,1-14H2;(H,2,3). The van der Waals surface area contributed by atoms with Crippen molar-refractivity contribution in [3.8, 4) is 0 Å². The molecule has 0 atom stereocenters. The summed E-state index contributed by atoms with van der Waals surface area (Å²) in [7, 11) is 0. The number of nitrogens with zero attached hydrogens (tertiary/aromatic N) is 1. The Morgan fingerprint density at radius 1 is 0.650 bits per heavy atom. The van der Waals surface area contributed by atoms with Crippen LogP contribution in [0, 0.1) is 4.91 Å². The van der Waals surface area contributed by atoms with Crippen LogP contribution in [0.3, 0.4) is 0 Å². The normalized spacial score (nSPS) is 23.4. The molecule has 0 unspecified atom stereocenters. The molecule has 2 rings (SSSR count). The van der Waals surface area contributed by atoms with Crippen LogP contribution >= 0.6 is 0 Å². The van der Waals surface area contributed by atoms with Crippen LogP contribution in [0.1, 0.15) is 89.9 Å². The largest absolute Gasteiger partial charge is 0.379 e. The first-order valence-corrected chi connectivity index (χ1v) is 8.59. The van der Waals surface area contributed by atoms with Crippen molar-refractivity contribution in [3.63, 3.8) is 0 Å². The summed E-state index contributed by atoms with van der Waals surface area (Å²) in [4.78, 5) is 8.11. The summed E-state index contributed by atoms with van der Waals surface area (Å²) < 4.78 is 0. The van der Waals surface area contributed by atoms with Crippen molar-refractivity contribution in [1.82, 2.24) is 5.32 Å². The molecule has 2 aliphatic rings. The van der Waals surface area contributed by atoms with E-state index in [2.05, 4.69) is 5.32 Å². The molecule has 0 amide bonds. The van der Waals surface area contributed by atoms with E-state index in [9.17, 15) is 0 Å². The van der Waals surface area contributed by atoms with Gasteiger partial charge >= 0.3 is 0 Å². The molecule has 0 bridgehead atoms. The molecule has 0 saturated heterocycles. The molecular formula is C16H32N2O2. The highest BCUT2D eigenvalue weighted by molar-refractivity contribution is 4.77. The van der Waals surface area contributed by atoms with Crippen molar-refractivity contribution < 1.29 is 5.21 Å². The van der Waals surface area contributed by atoms with Gasteiger partial charge in [-0.2, -0.15) is 0 Å². The predicted octanol–water partition coefficient (Wildman–Crippen LogP) is 4.94. The molecule has 0 aromatic rings. The molecule has 0 spiro atoms. The SMILES string of the molecule is C1CCCC(NC2CCCCCCC2)CCC1.O=NO. The topological polar surface area (TPSA) is 61.7 Å². The molecule has 20 heavy (non-hydrogen) atoms. The summed E-state index contributed by atoms with van der Waals surface area (Å²) >= 11 is 0. The molecule has 0 radical (unpaired) electrons. The number of hydrogen-bond donors (Lipinski definition) is 2. The maximum atomic E-state index is 8.11. The van der Waals surface area contributed by atoms with Gasteiger partial charge in [-0.05, 0) is 25.7 Å². The van der Waals surface area contributed by atoms with Gasteiger partial charge in [0, 0.05) is 12.1 Å².